The highest BCUT2D eigenvalue weighted by atomic mass is 16.6. The minimum atomic E-state index is -1.28. The first-order chi connectivity index (χ1) is 23.9. The Balaban J connectivity index is 1.53. The third kappa shape index (κ3) is 8.46. The third-order valence-corrected chi connectivity index (χ3v) is 8.44. The summed E-state index contributed by atoms with van der Waals surface area (Å²) < 4.78 is 10.2. The van der Waals surface area contributed by atoms with E-state index < -0.39 is 59.7 Å². The number of aromatic hydroxyl groups is 1. The maximum Gasteiger partial charge on any atom is 0.415 e. The normalized spacial score (nSPS) is 14.0. The number of phenolic OH excluding ortho intramolecular Hbond substituents is 1. The van der Waals surface area contributed by atoms with Crippen molar-refractivity contribution in [2.75, 3.05) is 20.2 Å². The molecular weight excluding hydrogens is 644 g/mol. The number of ether oxygens (including phenoxy) is 2. The number of hydrogen-bond donors (Lipinski definition) is 3. The van der Waals surface area contributed by atoms with E-state index in [-0.39, 0.29) is 35.5 Å². The number of phenols is 1. The number of nitrogens with zero attached hydrogens (tertiary/aromatic N) is 2. The van der Waals surface area contributed by atoms with Crippen LogP contribution < -0.4 is 15.4 Å². The second-order valence-electron chi connectivity index (χ2n) is 12.1. The van der Waals surface area contributed by atoms with Crippen LogP contribution in [0, 0.1) is 5.92 Å². The molecule has 0 saturated carbocycles. The molecule has 0 unspecified atom stereocenters. The molecule has 1 aliphatic rings. The fraction of sp³-hybridized carbons (Fsp3) is 0.351. The summed E-state index contributed by atoms with van der Waals surface area (Å²) in [7, 11) is 1.16. The molecule has 4 rings (SSSR count). The van der Waals surface area contributed by atoms with Crippen LogP contribution >= 0.6 is 0 Å². The number of carbonyl (C=O) groups excluding carboxylic acids is 6. The predicted octanol–water partition coefficient (Wildman–Crippen LogP) is 3.48. The molecule has 0 saturated heterocycles. The van der Waals surface area contributed by atoms with Gasteiger partial charge in [-0.2, -0.15) is 0 Å². The number of imide groups is 1. The van der Waals surface area contributed by atoms with E-state index in [1.54, 1.807) is 70.2 Å². The molecule has 264 valence electrons. The van der Waals surface area contributed by atoms with Crippen molar-refractivity contribution in [3.05, 3.63) is 95.1 Å². The van der Waals surface area contributed by atoms with Crippen molar-refractivity contribution in [3.63, 3.8) is 0 Å². The highest BCUT2D eigenvalue weighted by Gasteiger charge is 2.43. The van der Waals surface area contributed by atoms with Gasteiger partial charge >= 0.3 is 12.1 Å². The highest BCUT2D eigenvalue weighted by molar-refractivity contribution is 6.23. The molecule has 0 fully saturated rings. The van der Waals surface area contributed by atoms with E-state index in [2.05, 4.69) is 10.6 Å². The first-order valence-corrected chi connectivity index (χ1v) is 16.4. The molecule has 3 aromatic rings. The van der Waals surface area contributed by atoms with Gasteiger partial charge in [0.2, 0.25) is 11.8 Å². The summed E-state index contributed by atoms with van der Waals surface area (Å²) in [6, 6.07) is 15.7. The van der Waals surface area contributed by atoms with Crippen LogP contribution in [0.25, 0.3) is 0 Å². The summed E-state index contributed by atoms with van der Waals surface area (Å²) in [6.45, 7) is 7.82. The van der Waals surface area contributed by atoms with Crippen LogP contribution in [-0.2, 0) is 32.0 Å². The largest absolute Gasteiger partial charge is 0.504 e. The zero-order chi connectivity index (χ0) is 36.5. The first kappa shape index (κ1) is 37.1. The van der Waals surface area contributed by atoms with Crippen LogP contribution in [0.2, 0.25) is 0 Å². The number of fused-ring (bicyclic) bond motifs is 1. The van der Waals surface area contributed by atoms with E-state index in [1.165, 1.54) is 35.2 Å². The number of amides is 5. The SMILES string of the molecule is CCN(CC)C(=O)Oc1ccc(C[C@H](NC(=O)[C@@H](NC(=O)[C@H](Cc2ccccc2)N2C(=O)c3ccccc3C2=O)C(C)C)C(=O)OC)cc1O. The molecule has 0 radical (unpaired) electrons. The van der Waals surface area contributed by atoms with Crippen molar-refractivity contribution in [2.24, 2.45) is 5.92 Å². The standard InChI is InChI=1S/C37H42N4O9/c1-6-40(7-2)37(48)50-30-18-17-24(21-29(30)42)19-27(36(47)49-5)38-33(44)31(22(3)4)39-32(43)28(20-23-13-9-8-10-14-23)41-34(45)25-15-11-12-16-26(25)35(41)46/h8-18,21-22,27-28,31,42H,6-7,19-20H2,1-5H3,(H,38,44)(H,39,43)/t27-,28-,31-/m0/s1. The molecule has 13 heteroatoms. The Morgan fingerprint density at radius 1 is 0.800 bits per heavy atom. The summed E-state index contributed by atoms with van der Waals surface area (Å²) in [4.78, 5) is 82.1. The first-order valence-electron chi connectivity index (χ1n) is 16.4. The van der Waals surface area contributed by atoms with Gasteiger partial charge in [-0.05, 0) is 55.2 Å². The molecule has 0 aromatic heterocycles. The summed E-state index contributed by atoms with van der Waals surface area (Å²) in [5, 5.41) is 15.9. The van der Waals surface area contributed by atoms with Gasteiger partial charge in [-0.1, -0.05) is 62.4 Å². The van der Waals surface area contributed by atoms with Gasteiger partial charge in [0.25, 0.3) is 11.8 Å². The zero-order valence-electron chi connectivity index (χ0n) is 28.7. The van der Waals surface area contributed by atoms with Crippen LogP contribution in [-0.4, -0.2) is 88.9 Å². The average Bonchev–Trinajstić information content (AvgIpc) is 3.35. The maximum absolute atomic E-state index is 14.0. The number of esters is 1. The second-order valence-corrected chi connectivity index (χ2v) is 12.1. The molecule has 0 bridgehead atoms. The monoisotopic (exact) mass is 686 g/mol. The van der Waals surface area contributed by atoms with E-state index >= 15 is 0 Å². The van der Waals surface area contributed by atoms with Crippen molar-refractivity contribution in [3.8, 4) is 11.5 Å². The number of hydrogen-bond acceptors (Lipinski definition) is 9. The second kappa shape index (κ2) is 16.6. The van der Waals surface area contributed by atoms with E-state index in [9.17, 15) is 33.9 Å². The predicted molar refractivity (Wildman–Crippen MR) is 182 cm³/mol. The molecule has 3 aromatic carbocycles. The van der Waals surface area contributed by atoms with Gasteiger partial charge in [0.1, 0.15) is 18.1 Å². The molecule has 3 N–H and O–H groups in total. The maximum atomic E-state index is 14.0. The van der Waals surface area contributed by atoms with Crippen LogP contribution in [0.5, 0.6) is 11.5 Å². The molecule has 5 amide bonds. The quantitative estimate of drug-likeness (QED) is 0.170. The summed E-state index contributed by atoms with van der Waals surface area (Å²) >= 11 is 0. The Morgan fingerprint density at radius 3 is 1.94 bits per heavy atom. The van der Waals surface area contributed by atoms with E-state index in [0.29, 0.717) is 24.2 Å². The van der Waals surface area contributed by atoms with Crippen LogP contribution in [0.3, 0.4) is 0 Å². The van der Waals surface area contributed by atoms with E-state index in [0.717, 1.165) is 12.0 Å². The summed E-state index contributed by atoms with van der Waals surface area (Å²) in [5.74, 6) is -4.36. The Kier molecular flexibility index (Phi) is 12.3. The van der Waals surface area contributed by atoms with Gasteiger partial charge in [0, 0.05) is 25.9 Å². The molecule has 13 nitrogen and oxygen atoms in total. The van der Waals surface area contributed by atoms with Crippen molar-refractivity contribution in [1.29, 1.82) is 0 Å². The summed E-state index contributed by atoms with van der Waals surface area (Å²) in [5.41, 5.74) is 1.48. The number of rotatable bonds is 14. The smallest absolute Gasteiger partial charge is 0.415 e. The molecule has 1 heterocycles. The molecule has 50 heavy (non-hydrogen) atoms. The minimum absolute atomic E-state index is 0.000911. The topological polar surface area (TPSA) is 172 Å². The Bertz CT molecular complexity index is 1700. The fourth-order valence-corrected chi connectivity index (χ4v) is 5.66. The van der Waals surface area contributed by atoms with Crippen molar-refractivity contribution in [1.82, 2.24) is 20.4 Å². The number of benzene rings is 3. The molecule has 0 spiro atoms. The van der Waals surface area contributed by atoms with Crippen molar-refractivity contribution >= 4 is 35.7 Å². The highest BCUT2D eigenvalue weighted by Crippen LogP contribution is 2.29. The van der Waals surface area contributed by atoms with Crippen LogP contribution in [0.1, 0.15) is 59.5 Å². The Labute approximate surface area is 290 Å². The van der Waals surface area contributed by atoms with Crippen molar-refractivity contribution < 1.29 is 43.3 Å². The zero-order valence-corrected chi connectivity index (χ0v) is 28.7. The van der Waals surface area contributed by atoms with Crippen LogP contribution in [0.15, 0.2) is 72.8 Å². The minimum Gasteiger partial charge on any atom is -0.504 e. The molecule has 0 aliphatic carbocycles. The van der Waals surface area contributed by atoms with E-state index in [4.69, 9.17) is 9.47 Å². The van der Waals surface area contributed by atoms with E-state index in [1.807, 2.05) is 0 Å². The van der Waals surface area contributed by atoms with Gasteiger partial charge in [0.05, 0.1) is 18.2 Å². The average molecular weight is 687 g/mol. The Morgan fingerprint density at radius 2 is 1.40 bits per heavy atom. The van der Waals surface area contributed by atoms with Gasteiger partial charge in [-0.3, -0.25) is 24.1 Å². The van der Waals surface area contributed by atoms with Gasteiger partial charge in [0.15, 0.2) is 11.5 Å². The lowest BCUT2D eigenvalue weighted by Crippen LogP contribution is -2.58. The van der Waals surface area contributed by atoms with Gasteiger partial charge < -0.3 is 30.1 Å². The van der Waals surface area contributed by atoms with Gasteiger partial charge in [-0.25, -0.2) is 9.59 Å². The lowest BCUT2D eigenvalue weighted by atomic mass is 9.99. The molecule has 3 atom stereocenters. The molecule has 1 aliphatic heterocycles. The van der Waals surface area contributed by atoms with Gasteiger partial charge in [-0.15, -0.1) is 0 Å². The van der Waals surface area contributed by atoms with Crippen molar-refractivity contribution in [2.45, 2.75) is 58.7 Å². The number of methoxy groups -OCH3 is 1. The summed E-state index contributed by atoms with van der Waals surface area (Å²) in [6.07, 6.45) is -0.742. The number of carbonyl (C=O) groups is 6. The lowest BCUT2D eigenvalue weighted by molar-refractivity contribution is -0.145. The lowest BCUT2D eigenvalue weighted by Gasteiger charge is -2.29. The number of nitrogens with one attached hydrogen (secondary N) is 2. The fourth-order valence-electron chi connectivity index (χ4n) is 5.66. The third-order valence-electron chi connectivity index (χ3n) is 8.44. The Hall–Kier alpha value is -5.72. The molecular formula is C37H42N4O9. The van der Waals surface area contributed by atoms with Crippen LogP contribution in [0.4, 0.5) is 4.79 Å².